The van der Waals surface area contributed by atoms with Crippen LogP contribution in [0.5, 0.6) is 0 Å². The second kappa shape index (κ2) is 10.6. The largest absolute Gasteiger partial charge is 0.469 e. The zero-order valence-electron chi connectivity index (χ0n) is 18.0. The van der Waals surface area contributed by atoms with Gasteiger partial charge in [-0.1, -0.05) is 0 Å². The van der Waals surface area contributed by atoms with Crippen molar-refractivity contribution in [2.24, 2.45) is 5.92 Å². The standard InChI is InChI=1S/C21H35N3O5/c1-21(2,3)29-20(27)22-11-5-6-15(19(26)28-4)12-16-13-24(14-23-16)17-7-9-18(25)10-8-17/h13-15,17-18,25H,5-12H2,1-4H3,(H,22,27). The van der Waals surface area contributed by atoms with Crippen LogP contribution in [0.15, 0.2) is 12.5 Å². The van der Waals surface area contributed by atoms with Gasteiger partial charge >= 0.3 is 12.1 Å². The number of hydrogen-bond acceptors (Lipinski definition) is 6. The van der Waals surface area contributed by atoms with E-state index in [1.807, 2.05) is 33.3 Å². The van der Waals surface area contributed by atoms with E-state index in [1.165, 1.54) is 7.11 Å². The van der Waals surface area contributed by atoms with Gasteiger partial charge in [0.25, 0.3) is 0 Å². The third-order valence-electron chi connectivity index (χ3n) is 5.13. The molecule has 0 bridgehead atoms. The average Bonchev–Trinajstić information content (AvgIpc) is 3.11. The Morgan fingerprint density at radius 2 is 2.00 bits per heavy atom. The molecular weight excluding hydrogens is 374 g/mol. The lowest BCUT2D eigenvalue weighted by Crippen LogP contribution is -2.33. The summed E-state index contributed by atoms with van der Waals surface area (Å²) in [7, 11) is 1.39. The number of ether oxygens (including phenoxy) is 2. The summed E-state index contributed by atoms with van der Waals surface area (Å²) in [6, 6.07) is 0.356. The number of aliphatic hydroxyl groups excluding tert-OH is 1. The van der Waals surface area contributed by atoms with Crippen molar-refractivity contribution < 1.29 is 24.2 Å². The molecule has 1 aliphatic rings. The first-order valence-electron chi connectivity index (χ1n) is 10.4. The average molecular weight is 410 g/mol. The number of imidazole rings is 1. The Kier molecular flexibility index (Phi) is 8.49. The van der Waals surface area contributed by atoms with Crippen LogP contribution in [0.4, 0.5) is 4.79 Å². The molecule has 2 N–H and O–H groups in total. The van der Waals surface area contributed by atoms with E-state index in [2.05, 4.69) is 14.9 Å². The number of methoxy groups -OCH3 is 1. The molecule has 0 spiro atoms. The van der Waals surface area contributed by atoms with E-state index in [-0.39, 0.29) is 18.0 Å². The molecule has 2 rings (SSSR count). The van der Waals surface area contributed by atoms with Gasteiger partial charge in [0.1, 0.15) is 5.60 Å². The van der Waals surface area contributed by atoms with Gasteiger partial charge in [0, 0.05) is 25.2 Å². The fourth-order valence-corrected chi connectivity index (χ4v) is 3.62. The molecule has 1 amide bonds. The second-order valence-corrected chi connectivity index (χ2v) is 8.77. The highest BCUT2D eigenvalue weighted by molar-refractivity contribution is 5.72. The molecule has 1 saturated carbocycles. The number of carbonyl (C=O) groups excluding carboxylic acids is 2. The van der Waals surface area contributed by atoms with Gasteiger partial charge in [-0.15, -0.1) is 0 Å². The number of aromatic nitrogens is 2. The molecule has 1 aromatic heterocycles. The van der Waals surface area contributed by atoms with Crippen molar-refractivity contribution in [3.8, 4) is 0 Å². The molecule has 0 aliphatic heterocycles. The van der Waals surface area contributed by atoms with Gasteiger partial charge in [-0.25, -0.2) is 9.78 Å². The van der Waals surface area contributed by atoms with Crippen molar-refractivity contribution in [3.63, 3.8) is 0 Å². The molecule has 8 nitrogen and oxygen atoms in total. The number of alkyl carbamates (subject to hydrolysis) is 1. The number of aliphatic hydroxyl groups is 1. The monoisotopic (exact) mass is 409 g/mol. The van der Waals surface area contributed by atoms with Gasteiger partial charge in [-0.3, -0.25) is 4.79 Å². The maximum Gasteiger partial charge on any atom is 0.407 e. The Bertz CT molecular complexity index is 660. The molecule has 1 fully saturated rings. The van der Waals surface area contributed by atoms with Crippen molar-refractivity contribution in [1.29, 1.82) is 0 Å². The normalized spacial score (nSPS) is 20.7. The lowest BCUT2D eigenvalue weighted by molar-refractivity contribution is -0.145. The van der Waals surface area contributed by atoms with Crippen molar-refractivity contribution in [2.45, 2.75) is 83.5 Å². The molecule has 1 heterocycles. The smallest absolute Gasteiger partial charge is 0.407 e. The van der Waals surface area contributed by atoms with Crippen LogP contribution >= 0.6 is 0 Å². The minimum absolute atomic E-state index is 0.188. The molecule has 1 atom stereocenters. The van der Waals surface area contributed by atoms with Gasteiger partial charge in [0.05, 0.1) is 31.2 Å². The number of nitrogens with zero attached hydrogens (tertiary/aromatic N) is 2. The minimum atomic E-state index is -0.534. The molecule has 8 heteroatoms. The Morgan fingerprint density at radius 3 is 2.62 bits per heavy atom. The van der Waals surface area contributed by atoms with Crippen molar-refractivity contribution >= 4 is 12.1 Å². The topological polar surface area (TPSA) is 103 Å². The first kappa shape index (κ1) is 23.2. The van der Waals surface area contributed by atoms with Crippen LogP contribution in [0, 0.1) is 5.92 Å². The van der Waals surface area contributed by atoms with E-state index in [0.29, 0.717) is 31.8 Å². The predicted molar refractivity (Wildman–Crippen MR) is 108 cm³/mol. The summed E-state index contributed by atoms with van der Waals surface area (Å²) >= 11 is 0. The number of rotatable bonds is 8. The molecule has 164 valence electrons. The number of nitrogens with one attached hydrogen (secondary N) is 1. The fraction of sp³-hybridized carbons (Fsp3) is 0.762. The van der Waals surface area contributed by atoms with Gasteiger partial charge in [-0.2, -0.15) is 0 Å². The lowest BCUT2D eigenvalue weighted by atomic mass is 9.93. The number of hydrogen-bond donors (Lipinski definition) is 2. The number of amides is 1. The van der Waals surface area contributed by atoms with E-state index < -0.39 is 11.7 Å². The molecule has 0 radical (unpaired) electrons. The summed E-state index contributed by atoms with van der Waals surface area (Å²) < 4.78 is 12.3. The Labute approximate surface area is 173 Å². The third kappa shape index (κ3) is 8.04. The van der Waals surface area contributed by atoms with Crippen LogP contribution in [0.1, 0.15) is 71.0 Å². The highest BCUT2D eigenvalue weighted by Gasteiger charge is 2.24. The highest BCUT2D eigenvalue weighted by atomic mass is 16.6. The zero-order chi connectivity index (χ0) is 21.4. The van der Waals surface area contributed by atoms with Crippen molar-refractivity contribution in [2.75, 3.05) is 13.7 Å². The number of carbonyl (C=O) groups is 2. The summed E-state index contributed by atoms with van der Waals surface area (Å²) in [5, 5.41) is 12.4. The fourth-order valence-electron chi connectivity index (χ4n) is 3.62. The van der Waals surface area contributed by atoms with Crippen molar-refractivity contribution in [3.05, 3.63) is 18.2 Å². The summed E-state index contributed by atoms with van der Waals surface area (Å²) in [5.41, 5.74) is 0.320. The Hall–Kier alpha value is -2.09. The molecule has 1 unspecified atom stereocenters. The summed E-state index contributed by atoms with van der Waals surface area (Å²) in [6.45, 7) is 5.87. The summed E-state index contributed by atoms with van der Waals surface area (Å²) in [6.07, 6.45) is 8.40. The van der Waals surface area contributed by atoms with Crippen LogP contribution in [0.2, 0.25) is 0 Å². The summed E-state index contributed by atoms with van der Waals surface area (Å²) in [4.78, 5) is 28.4. The summed E-state index contributed by atoms with van der Waals surface area (Å²) in [5.74, 6) is -0.574. The molecule has 29 heavy (non-hydrogen) atoms. The quantitative estimate of drug-likeness (QED) is 0.505. The van der Waals surface area contributed by atoms with E-state index >= 15 is 0 Å². The zero-order valence-corrected chi connectivity index (χ0v) is 18.0. The van der Waals surface area contributed by atoms with Crippen LogP contribution < -0.4 is 5.32 Å². The third-order valence-corrected chi connectivity index (χ3v) is 5.13. The molecule has 0 aromatic carbocycles. The van der Waals surface area contributed by atoms with Crippen LogP contribution in [-0.2, 0) is 20.7 Å². The van der Waals surface area contributed by atoms with Gasteiger partial charge in [0.15, 0.2) is 0 Å². The van der Waals surface area contributed by atoms with Crippen LogP contribution in [0.25, 0.3) is 0 Å². The first-order valence-corrected chi connectivity index (χ1v) is 10.4. The van der Waals surface area contributed by atoms with Gasteiger partial charge in [-0.05, 0) is 59.3 Å². The maximum atomic E-state index is 12.2. The first-order chi connectivity index (χ1) is 13.7. The maximum absolute atomic E-state index is 12.2. The van der Waals surface area contributed by atoms with Crippen LogP contribution in [-0.4, -0.2) is 52.1 Å². The number of esters is 1. The Balaban J connectivity index is 1.83. The molecular formula is C21H35N3O5. The molecule has 1 aromatic rings. The Morgan fingerprint density at radius 1 is 1.31 bits per heavy atom. The van der Waals surface area contributed by atoms with Gasteiger partial charge in [0.2, 0.25) is 0 Å². The van der Waals surface area contributed by atoms with E-state index in [9.17, 15) is 14.7 Å². The van der Waals surface area contributed by atoms with E-state index in [0.717, 1.165) is 31.4 Å². The van der Waals surface area contributed by atoms with Crippen LogP contribution in [0.3, 0.4) is 0 Å². The van der Waals surface area contributed by atoms with Gasteiger partial charge < -0.3 is 24.5 Å². The molecule has 1 aliphatic carbocycles. The SMILES string of the molecule is COC(=O)C(CCCNC(=O)OC(C)(C)C)Cc1cn(C2CCC(O)CC2)cn1. The molecule has 0 saturated heterocycles. The van der Waals surface area contributed by atoms with Crippen molar-refractivity contribution in [1.82, 2.24) is 14.9 Å². The van der Waals surface area contributed by atoms with E-state index in [1.54, 1.807) is 0 Å². The predicted octanol–water partition coefficient (Wildman–Crippen LogP) is 3.00. The lowest BCUT2D eigenvalue weighted by Gasteiger charge is -2.26. The van der Waals surface area contributed by atoms with E-state index in [4.69, 9.17) is 9.47 Å². The second-order valence-electron chi connectivity index (χ2n) is 8.77. The highest BCUT2D eigenvalue weighted by Crippen LogP contribution is 2.28. The minimum Gasteiger partial charge on any atom is -0.469 e.